The topological polar surface area (TPSA) is 88.4 Å². The predicted molar refractivity (Wildman–Crippen MR) is 90.7 cm³/mol. The van der Waals surface area contributed by atoms with Gasteiger partial charge in [0.05, 0.1) is 5.56 Å². The van der Waals surface area contributed by atoms with E-state index in [4.69, 9.17) is 9.47 Å². The summed E-state index contributed by atoms with van der Waals surface area (Å²) in [4.78, 5) is 23.6. The molecule has 130 valence electrons. The zero-order valence-electron chi connectivity index (χ0n) is 14.6. The number of anilines is 1. The first-order valence-corrected chi connectivity index (χ1v) is 8.04. The van der Waals surface area contributed by atoms with Gasteiger partial charge in [0.15, 0.2) is 0 Å². The van der Waals surface area contributed by atoms with Gasteiger partial charge in [0.1, 0.15) is 17.4 Å². The Balaban J connectivity index is 2.96. The monoisotopic (exact) mass is 332 g/mol. The summed E-state index contributed by atoms with van der Waals surface area (Å²) < 4.78 is 10.6. The van der Waals surface area contributed by atoms with Gasteiger partial charge >= 0.3 is 5.97 Å². The molecule has 6 nitrogen and oxygen atoms in total. The highest BCUT2D eigenvalue weighted by Gasteiger charge is 2.33. The molecule has 0 aromatic heterocycles. The Morgan fingerprint density at radius 1 is 1.33 bits per heavy atom. The second-order valence-corrected chi connectivity index (χ2v) is 5.64. The summed E-state index contributed by atoms with van der Waals surface area (Å²) in [5.41, 5.74) is -0.295. The van der Waals surface area contributed by atoms with Crippen molar-refractivity contribution in [3.8, 4) is 11.8 Å². The van der Waals surface area contributed by atoms with Crippen molar-refractivity contribution in [3.05, 3.63) is 23.8 Å². The number of hydrogen-bond donors (Lipinski definition) is 1. The quantitative estimate of drug-likeness (QED) is 0.582. The van der Waals surface area contributed by atoms with Gasteiger partial charge in [-0.2, -0.15) is 5.26 Å². The Morgan fingerprint density at radius 3 is 2.58 bits per heavy atom. The molecule has 1 aromatic carbocycles. The van der Waals surface area contributed by atoms with Crippen molar-refractivity contribution in [2.75, 3.05) is 11.9 Å². The maximum Gasteiger partial charge on any atom is 0.308 e. The molecule has 0 spiro atoms. The molecule has 0 aliphatic heterocycles. The van der Waals surface area contributed by atoms with Crippen LogP contribution in [0.3, 0.4) is 0 Å². The molecular weight excluding hydrogens is 308 g/mol. The molecule has 0 bridgehead atoms. The van der Waals surface area contributed by atoms with Crippen molar-refractivity contribution >= 4 is 17.6 Å². The lowest BCUT2D eigenvalue weighted by Gasteiger charge is -2.28. The van der Waals surface area contributed by atoms with Crippen molar-refractivity contribution in [1.82, 2.24) is 0 Å². The molecule has 1 atom stereocenters. The van der Waals surface area contributed by atoms with Gasteiger partial charge in [0.2, 0.25) is 0 Å². The van der Waals surface area contributed by atoms with E-state index >= 15 is 0 Å². The fraction of sp³-hybridized carbons (Fsp3) is 0.500. The normalized spacial score (nSPS) is 12.8. The largest absolute Gasteiger partial charge is 0.425 e. The number of nitrogens with one attached hydrogen (secondary N) is 1. The second kappa shape index (κ2) is 9.04. The Bertz CT molecular complexity index is 636. The summed E-state index contributed by atoms with van der Waals surface area (Å²) in [5.74, 6) is -0.602. The molecule has 0 radical (unpaired) electrons. The predicted octanol–water partition coefficient (Wildman–Crippen LogP) is 3.41. The van der Waals surface area contributed by atoms with Crippen LogP contribution in [0.25, 0.3) is 0 Å². The number of unbranched alkanes of at least 4 members (excludes halogenated alkanes) is 1. The summed E-state index contributed by atoms with van der Waals surface area (Å²) >= 11 is 0. The van der Waals surface area contributed by atoms with E-state index in [1.54, 1.807) is 13.0 Å². The number of hydrogen-bond acceptors (Lipinski definition) is 5. The third kappa shape index (κ3) is 5.36. The standard InChI is InChI=1S/C18H24N2O4/c1-5-7-10-18(4,23-6-2)17(22)20-15-8-9-16(24-13(3)21)14(11-15)12-19/h8-9,11H,5-7,10H2,1-4H3,(H,20,22)/t18-/m0/s1. The zero-order chi connectivity index (χ0) is 18.2. The minimum atomic E-state index is -0.924. The fourth-order valence-corrected chi connectivity index (χ4v) is 2.29. The molecule has 1 rings (SSSR count). The maximum absolute atomic E-state index is 12.6. The van der Waals surface area contributed by atoms with Gasteiger partial charge in [-0.15, -0.1) is 0 Å². The number of rotatable bonds is 8. The Kier molecular flexibility index (Phi) is 7.40. The summed E-state index contributed by atoms with van der Waals surface area (Å²) in [6.45, 7) is 7.36. The first-order chi connectivity index (χ1) is 11.4. The maximum atomic E-state index is 12.6. The highest BCUT2D eigenvalue weighted by molar-refractivity contribution is 5.97. The van der Waals surface area contributed by atoms with Crippen LogP contribution in [-0.4, -0.2) is 24.1 Å². The van der Waals surface area contributed by atoms with Crippen LogP contribution in [0.4, 0.5) is 5.69 Å². The van der Waals surface area contributed by atoms with Crippen LogP contribution in [0.5, 0.6) is 5.75 Å². The Labute approximate surface area is 142 Å². The van der Waals surface area contributed by atoms with E-state index in [-0.39, 0.29) is 17.2 Å². The van der Waals surface area contributed by atoms with Crippen molar-refractivity contribution in [3.63, 3.8) is 0 Å². The summed E-state index contributed by atoms with van der Waals surface area (Å²) in [6.07, 6.45) is 2.45. The molecule has 0 aliphatic rings. The van der Waals surface area contributed by atoms with E-state index < -0.39 is 11.6 Å². The van der Waals surface area contributed by atoms with E-state index in [0.717, 1.165) is 12.8 Å². The van der Waals surface area contributed by atoms with Crippen LogP contribution in [0.1, 0.15) is 52.5 Å². The van der Waals surface area contributed by atoms with Gasteiger partial charge in [0.25, 0.3) is 5.91 Å². The number of amides is 1. The van der Waals surface area contributed by atoms with Gasteiger partial charge in [-0.1, -0.05) is 19.8 Å². The van der Waals surface area contributed by atoms with Crippen molar-refractivity contribution < 1.29 is 19.1 Å². The van der Waals surface area contributed by atoms with Crippen molar-refractivity contribution in [1.29, 1.82) is 5.26 Å². The average Bonchev–Trinajstić information content (AvgIpc) is 2.54. The zero-order valence-corrected chi connectivity index (χ0v) is 14.6. The smallest absolute Gasteiger partial charge is 0.308 e. The first kappa shape index (κ1) is 19.7. The number of ether oxygens (including phenoxy) is 2. The number of benzene rings is 1. The van der Waals surface area contributed by atoms with Crippen LogP contribution in [0.15, 0.2) is 18.2 Å². The minimum Gasteiger partial charge on any atom is -0.425 e. The third-order valence-corrected chi connectivity index (χ3v) is 3.56. The summed E-state index contributed by atoms with van der Waals surface area (Å²) in [7, 11) is 0. The molecule has 0 saturated heterocycles. The van der Waals surface area contributed by atoms with Crippen LogP contribution in [0, 0.1) is 11.3 Å². The van der Waals surface area contributed by atoms with Gasteiger partial charge in [-0.25, -0.2) is 0 Å². The lowest BCUT2D eigenvalue weighted by Crippen LogP contribution is -2.42. The van der Waals surface area contributed by atoms with Crippen LogP contribution >= 0.6 is 0 Å². The van der Waals surface area contributed by atoms with Gasteiger partial charge in [-0.3, -0.25) is 9.59 Å². The molecule has 0 unspecified atom stereocenters. The average molecular weight is 332 g/mol. The van der Waals surface area contributed by atoms with Gasteiger partial charge in [0, 0.05) is 19.2 Å². The Hall–Kier alpha value is -2.39. The molecule has 1 amide bonds. The van der Waals surface area contributed by atoms with Crippen LogP contribution in [-0.2, 0) is 14.3 Å². The highest BCUT2D eigenvalue weighted by Crippen LogP contribution is 2.25. The van der Waals surface area contributed by atoms with E-state index in [2.05, 4.69) is 12.2 Å². The molecular formula is C18H24N2O4. The molecule has 1 aromatic rings. The number of esters is 1. The molecule has 0 fully saturated rings. The van der Waals surface area contributed by atoms with Crippen LogP contribution in [0.2, 0.25) is 0 Å². The molecule has 0 saturated carbocycles. The van der Waals surface area contributed by atoms with Crippen molar-refractivity contribution in [2.24, 2.45) is 0 Å². The summed E-state index contributed by atoms with van der Waals surface area (Å²) in [5, 5.41) is 11.9. The number of carbonyl (C=O) groups excluding carboxylic acids is 2. The Morgan fingerprint density at radius 2 is 2.04 bits per heavy atom. The highest BCUT2D eigenvalue weighted by atomic mass is 16.5. The molecule has 1 N–H and O–H groups in total. The third-order valence-electron chi connectivity index (χ3n) is 3.56. The van der Waals surface area contributed by atoms with E-state index in [1.165, 1.54) is 19.1 Å². The second-order valence-electron chi connectivity index (χ2n) is 5.64. The van der Waals surface area contributed by atoms with E-state index in [1.807, 2.05) is 13.0 Å². The number of carbonyl (C=O) groups is 2. The summed E-state index contributed by atoms with van der Waals surface area (Å²) in [6, 6.07) is 6.50. The lowest BCUT2D eigenvalue weighted by molar-refractivity contribution is -0.139. The first-order valence-electron chi connectivity index (χ1n) is 8.04. The van der Waals surface area contributed by atoms with Crippen molar-refractivity contribution in [2.45, 2.75) is 52.6 Å². The SMILES string of the molecule is CCCC[C@](C)(OCC)C(=O)Nc1ccc(OC(C)=O)c(C#N)c1. The van der Waals surface area contributed by atoms with Gasteiger partial charge in [-0.05, 0) is 38.5 Å². The fourth-order valence-electron chi connectivity index (χ4n) is 2.29. The van der Waals surface area contributed by atoms with E-state index in [0.29, 0.717) is 18.7 Å². The molecule has 0 aliphatic carbocycles. The number of nitriles is 1. The van der Waals surface area contributed by atoms with Gasteiger partial charge < -0.3 is 14.8 Å². The minimum absolute atomic E-state index is 0.168. The molecule has 24 heavy (non-hydrogen) atoms. The van der Waals surface area contributed by atoms with E-state index in [9.17, 15) is 14.9 Å². The molecule has 0 heterocycles. The van der Waals surface area contributed by atoms with Crippen LogP contribution < -0.4 is 10.1 Å². The lowest BCUT2D eigenvalue weighted by atomic mass is 9.97. The number of nitrogens with zero attached hydrogens (tertiary/aromatic N) is 1. The molecule has 6 heteroatoms.